The highest BCUT2D eigenvalue weighted by atomic mass is 16.6. The maximum absolute atomic E-state index is 12.4. The largest absolute Gasteiger partial charge is 0.447 e. The van der Waals surface area contributed by atoms with Crippen molar-refractivity contribution in [2.45, 2.75) is 31.7 Å². The summed E-state index contributed by atoms with van der Waals surface area (Å²) < 4.78 is 5.35. The lowest BCUT2D eigenvalue weighted by Gasteiger charge is -2.29. The first kappa shape index (κ1) is 18.0. The monoisotopic (exact) mass is 365 g/mol. The minimum Gasteiger partial charge on any atom is -0.447 e. The van der Waals surface area contributed by atoms with Crippen LogP contribution in [0.4, 0.5) is 10.6 Å². The van der Waals surface area contributed by atoms with Crippen LogP contribution in [0.5, 0.6) is 0 Å². The fourth-order valence-corrected chi connectivity index (χ4v) is 4.05. The molecule has 2 saturated heterocycles. The molecule has 0 N–H and O–H groups in total. The lowest BCUT2D eigenvalue weighted by molar-refractivity contribution is 0.178. The van der Waals surface area contributed by atoms with Crippen LogP contribution in [0, 0.1) is 5.92 Å². The molecule has 0 spiro atoms. The maximum atomic E-state index is 12.4. The van der Waals surface area contributed by atoms with Crippen molar-refractivity contribution in [3.05, 3.63) is 59.8 Å². The average Bonchev–Trinajstić information content (AvgIpc) is 3.05. The Kier molecular flexibility index (Phi) is 5.39. The van der Waals surface area contributed by atoms with Crippen LogP contribution >= 0.6 is 0 Å². The SMILES string of the molecule is CN1CCC(Cc2cccc(N3C(=O)OC[C@@H]3Cc3ccccc3)n2)CC1. The van der Waals surface area contributed by atoms with Gasteiger partial charge in [-0.05, 0) is 69.4 Å². The number of likely N-dealkylation sites (tertiary alicyclic amines) is 1. The van der Waals surface area contributed by atoms with Gasteiger partial charge in [0.2, 0.25) is 0 Å². The molecule has 0 radical (unpaired) electrons. The first-order valence-corrected chi connectivity index (χ1v) is 9.83. The molecule has 0 saturated carbocycles. The highest BCUT2D eigenvalue weighted by molar-refractivity contribution is 5.89. The summed E-state index contributed by atoms with van der Waals surface area (Å²) >= 11 is 0. The van der Waals surface area contributed by atoms with Crippen molar-refractivity contribution in [3.8, 4) is 0 Å². The van der Waals surface area contributed by atoms with Crippen molar-refractivity contribution in [1.29, 1.82) is 0 Å². The minimum atomic E-state index is -0.292. The fraction of sp³-hybridized carbons (Fsp3) is 0.455. The zero-order valence-corrected chi connectivity index (χ0v) is 15.9. The van der Waals surface area contributed by atoms with Gasteiger partial charge in [0.1, 0.15) is 12.4 Å². The third-order valence-electron chi connectivity index (χ3n) is 5.65. The van der Waals surface area contributed by atoms with Gasteiger partial charge in [0, 0.05) is 5.69 Å². The van der Waals surface area contributed by atoms with Gasteiger partial charge in [0.25, 0.3) is 0 Å². The number of nitrogens with zero attached hydrogens (tertiary/aromatic N) is 3. The number of piperidine rings is 1. The molecule has 1 aromatic carbocycles. The van der Waals surface area contributed by atoms with E-state index in [4.69, 9.17) is 9.72 Å². The Morgan fingerprint density at radius 1 is 1.04 bits per heavy atom. The predicted molar refractivity (Wildman–Crippen MR) is 106 cm³/mol. The van der Waals surface area contributed by atoms with Crippen LogP contribution in [-0.4, -0.2) is 48.8 Å². The number of rotatable bonds is 5. The van der Waals surface area contributed by atoms with E-state index in [0.29, 0.717) is 18.3 Å². The number of pyridine rings is 1. The van der Waals surface area contributed by atoms with Gasteiger partial charge in [0.15, 0.2) is 0 Å². The molecule has 1 aromatic heterocycles. The molecular formula is C22H27N3O2. The second kappa shape index (κ2) is 8.09. The summed E-state index contributed by atoms with van der Waals surface area (Å²) in [6, 6.07) is 16.2. The first-order chi connectivity index (χ1) is 13.2. The Bertz CT molecular complexity index is 772. The summed E-state index contributed by atoms with van der Waals surface area (Å²) in [7, 11) is 2.18. The van der Waals surface area contributed by atoms with Crippen LogP contribution in [0.2, 0.25) is 0 Å². The number of ether oxygens (including phenoxy) is 1. The highest BCUT2D eigenvalue weighted by Crippen LogP contribution is 2.26. The number of hydrogen-bond acceptors (Lipinski definition) is 4. The van der Waals surface area contributed by atoms with E-state index in [1.54, 1.807) is 4.90 Å². The molecule has 0 bridgehead atoms. The van der Waals surface area contributed by atoms with Crippen LogP contribution in [0.3, 0.4) is 0 Å². The maximum Gasteiger partial charge on any atom is 0.415 e. The van der Waals surface area contributed by atoms with E-state index < -0.39 is 0 Å². The number of anilines is 1. The lowest BCUT2D eigenvalue weighted by atomic mass is 9.92. The molecule has 5 nitrogen and oxygen atoms in total. The van der Waals surface area contributed by atoms with Gasteiger partial charge < -0.3 is 9.64 Å². The molecule has 2 aliphatic heterocycles. The topological polar surface area (TPSA) is 45.7 Å². The summed E-state index contributed by atoms with van der Waals surface area (Å²) in [5, 5.41) is 0. The fourth-order valence-electron chi connectivity index (χ4n) is 4.05. The van der Waals surface area contributed by atoms with Crippen molar-refractivity contribution in [1.82, 2.24) is 9.88 Å². The smallest absolute Gasteiger partial charge is 0.415 e. The molecule has 0 unspecified atom stereocenters. The summed E-state index contributed by atoms with van der Waals surface area (Å²) in [6.07, 6.45) is 3.89. The number of aromatic nitrogens is 1. The molecule has 142 valence electrons. The summed E-state index contributed by atoms with van der Waals surface area (Å²) in [5.41, 5.74) is 2.27. The Morgan fingerprint density at radius 2 is 1.81 bits per heavy atom. The number of cyclic esters (lactones) is 1. The molecule has 5 heteroatoms. The molecule has 1 atom stereocenters. The van der Waals surface area contributed by atoms with Gasteiger partial charge in [0.05, 0.1) is 6.04 Å². The second-order valence-electron chi connectivity index (χ2n) is 7.73. The van der Waals surface area contributed by atoms with Crippen molar-refractivity contribution < 1.29 is 9.53 Å². The van der Waals surface area contributed by atoms with Crippen molar-refractivity contribution in [2.75, 3.05) is 31.6 Å². The second-order valence-corrected chi connectivity index (χ2v) is 7.73. The molecule has 2 aliphatic rings. The molecule has 2 fully saturated rings. The normalized spacial score (nSPS) is 21.4. The minimum absolute atomic E-state index is 0.00835. The van der Waals surface area contributed by atoms with Crippen LogP contribution in [-0.2, 0) is 17.6 Å². The van der Waals surface area contributed by atoms with Gasteiger partial charge in [-0.2, -0.15) is 0 Å². The van der Waals surface area contributed by atoms with Gasteiger partial charge in [-0.1, -0.05) is 36.4 Å². The predicted octanol–water partition coefficient (Wildman–Crippen LogP) is 3.53. The van der Waals surface area contributed by atoms with Gasteiger partial charge in [-0.15, -0.1) is 0 Å². The highest BCUT2D eigenvalue weighted by Gasteiger charge is 2.35. The molecule has 27 heavy (non-hydrogen) atoms. The van der Waals surface area contributed by atoms with E-state index in [1.807, 2.05) is 30.3 Å². The van der Waals surface area contributed by atoms with Crippen LogP contribution in [0.15, 0.2) is 48.5 Å². The summed E-state index contributed by atoms with van der Waals surface area (Å²) in [6.45, 7) is 2.72. The molecular weight excluding hydrogens is 338 g/mol. The van der Waals surface area contributed by atoms with Gasteiger partial charge in [-0.25, -0.2) is 9.78 Å². The number of benzene rings is 1. The van der Waals surface area contributed by atoms with E-state index in [-0.39, 0.29) is 12.1 Å². The first-order valence-electron chi connectivity index (χ1n) is 9.83. The van der Waals surface area contributed by atoms with E-state index in [0.717, 1.165) is 31.6 Å². The van der Waals surface area contributed by atoms with E-state index in [1.165, 1.54) is 18.4 Å². The quantitative estimate of drug-likeness (QED) is 0.813. The number of hydrogen-bond donors (Lipinski definition) is 0. The number of carbonyl (C=O) groups excluding carboxylic acids is 1. The Labute approximate surface area is 161 Å². The summed E-state index contributed by atoms with van der Waals surface area (Å²) in [5.74, 6) is 1.39. The van der Waals surface area contributed by atoms with E-state index >= 15 is 0 Å². The van der Waals surface area contributed by atoms with Crippen LogP contribution in [0.25, 0.3) is 0 Å². The standard InChI is InChI=1S/C22H27N3O2/c1-24-12-10-18(11-13-24)14-19-8-5-9-21(23-19)25-20(16-27-22(25)26)15-17-6-3-2-4-7-17/h2-9,18,20H,10-16H2,1H3/t20-/m0/s1. The number of amides is 1. The molecule has 1 amide bonds. The van der Waals surface area contributed by atoms with Crippen molar-refractivity contribution in [3.63, 3.8) is 0 Å². The number of carbonyl (C=O) groups is 1. The Hall–Kier alpha value is -2.40. The third-order valence-corrected chi connectivity index (χ3v) is 5.65. The Balaban J connectivity index is 1.48. The summed E-state index contributed by atoms with van der Waals surface area (Å²) in [4.78, 5) is 21.3. The van der Waals surface area contributed by atoms with E-state index in [9.17, 15) is 4.79 Å². The molecule has 3 heterocycles. The van der Waals surface area contributed by atoms with Crippen molar-refractivity contribution in [2.24, 2.45) is 5.92 Å². The van der Waals surface area contributed by atoms with Crippen molar-refractivity contribution >= 4 is 11.9 Å². The van der Waals surface area contributed by atoms with Crippen LogP contribution in [0.1, 0.15) is 24.1 Å². The molecule has 2 aromatic rings. The zero-order valence-electron chi connectivity index (χ0n) is 15.9. The van der Waals surface area contributed by atoms with Gasteiger partial charge >= 0.3 is 6.09 Å². The Morgan fingerprint density at radius 3 is 2.59 bits per heavy atom. The van der Waals surface area contributed by atoms with Crippen LogP contribution < -0.4 is 4.90 Å². The van der Waals surface area contributed by atoms with Gasteiger partial charge in [-0.3, -0.25) is 4.90 Å². The van der Waals surface area contributed by atoms with E-state index in [2.05, 4.69) is 30.1 Å². The zero-order chi connectivity index (χ0) is 18.6. The molecule has 0 aliphatic carbocycles. The molecule has 4 rings (SSSR count). The lowest BCUT2D eigenvalue weighted by Crippen LogP contribution is -2.36. The average molecular weight is 365 g/mol. The third kappa shape index (κ3) is 4.30.